The number of fused-ring (bicyclic) bond motifs is 1. The number of aryl methyl sites for hydroxylation is 1. The summed E-state index contributed by atoms with van der Waals surface area (Å²) in [5.74, 6) is 0.703. The van der Waals surface area contributed by atoms with E-state index in [4.69, 9.17) is 26.4 Å². The van der Waals surface area contributed by atoms with Gasteiger partial charge in [0.15, 0.2) is 11.4 Å². The van der Waals surface area contributed by atoms with Crippen LogP contribution in [-0.4, -0.2) is 49.7 Å². The number of hydrogen-bond donors (Lipinski definition) is 2. The highest BCUT2D eigenvalue weighted by Crippen LogP contribution is 2.37. The molecular weight excluding hydrogens is 426 g/mol. The molecule has 1 aromatic rings. The fraction of sp³-hybridized carbons (Fsp3) is 0.667. The summed E-state index contributed by atoms with van der Waals surface area (Å²) in [6.07, 6.45) is 4.55. The van der Waals surface area contributed by atoms with E-state index in [1.54, 1.807) is 7.11 Å². The van der Waals surface area contributed by atoms with E-state index in [1.165, 1.54) is 0 Å². The SMILES string of the molecule is COc1cc2c(cc1NC(=S)NC(C)(C)C)CCC(C)C(=O)N2CCOC1CCCCO1. The smallest absolute Gasteiger partial charge is 0.229 e. The monoisotopic (exact) mass is 463 g/mol. The minimum atomic E-state index is -0.167. The first-order valence-electron chi connectivity index (χ1n) is 11.5. The van der Waals surface area contributed by atoms with Crippen molar-refractivity contribution in [1.82, 2.24) is 5.32 Å². The van der Waals surface area contributed by atoms with Crippen molar-refractivity contribution in [2.75, 3.05) is 37.1 Å². The number of carbonyl (C=O) groups is 1. The van der Waals surface area contributed by atoms with Crippen molar-refractivity contribution in [3.63, 3.8) is 0 Å². The van der Waals surface area contributed by atoms with Gasteiger partial charge in [0.25, 0.3) is 0 Å². The number of carbonyl (C=O) groups excluding carboxylic acids is 1. The van der Waals surface area contributed by atoms with Gasteiger partial charge in [0.2, 0.25) is 5.91 Å². The van der Waals surface area contributed by atoms with E-state index >= 15 is 0 Å². The number of nitrogens with zero attached hydrogens (tertiary/aromatic N) is 1. The van der Waals surface area contributed by atoms with E-state index in [-0.39, 0.29) is 23.7 Å². The second-order valence-corrected chi connectivity index (χ2v) is 10.0. The summed E-state index contributed by atoms with van der Waals surface area (Å²) in [7, 11) is 1.63. The van der Waals surface area contributed by atoms with Crippen molar-refractivity contribution >= 4 is 34.6 Å². The number of ether oxygens (including phenoxy) is 3. The van der Waals surface area contributed by atoms with Crippen LogP contribution in [0.1, 0.15) is 58.9 Å². The topological polar surface area (TPSA) is 72.1 Å². The molecule has 2 heterocycles. The van der Waals surface area contributed by atoms with Crippen LogP contribution in [0.15, 0.2) is 12.1 Å². The minimum Gasteiger partial charge on any atom is -0.494 e. The number of amides is 1. The van der Waals surface area contributed by atoms with Crippen molar-refractivity contribution in [3.8, 4) is 5.75 Å². The molecule has 2 aliphatic heterocycles. The Bertz CT molecular complexity index is 818. The molecule has 7 nitrogen and oxygen atoms in total. The van der Waals surface area contributed by atoms with Crippen LogP contribution in [0.5, 0.6) is 5.75 Å². The molecule has 2 atom stereocenters. The van der Waals surface area contributed by atoms with E-state index < -0.39 is 0 Å². The predicted molar refractivity (Wildman–Crippen MR) is 131 cm³/mol. The van der Waals surface area contributed by atoms with E-state index in [0.717, 1.165) is 55.6 Å². The molecule has 2 aliphatic rings. The van der Waals surface area contributed by atoms with Gasteiger partial charge >= 0.3 is 0 Å². The van der Waals surface area contributed by atoms with Crippen LogP contribution in [0.4, 0.5) is 11.4 Å². The van der Waals surface area contributed by atoms with Gasteiger partial charge in [-0.25, -0.2) is 0 Å². The number of thiocarbonyl (C=S) groups is 1. The number of methoxy groups -OCH3 is 1. The fourth-order valence-electron chi connectivity index (χ4n) is 4.06. The Hall–Kier alpha value is -1.90. The number of rotatable bonds is 6. The van der Waals surface area contributed by atoms with Crippen LogP contribution < -0.4 is 20.3 Å². The molecule has 2 unspecified atom stereocenters. The van der Waals surface area contributed by atoms with Gasteiger partial charge in [-0.1, -0.05) is 6.92 Å². The highest BCUT2D eigenvalue weighted by Gasteiger charge is 2.29. The molecule has 1 aromatic carbocycles. The largest absolute Gasteiger partial charge is 0.494 e. The van der Waals surface area contributed by atoms with Crippen LogP contribution in [0, 0.1) is 5.92 Å². The Labute approximate surface area is 197 Å². The summed E-state index contributed by atoms with van der Waals surface area (Å²) in [6, 6.07) is 3.98. The zero-order chi connectivity index (χ0) is 23.3. The standard InChI is InChI=1S/C24H37N3O4S/c1-16-9-10-17-14-18(25-23(32)26-24(2,3)4)20(29-5)15-19(17)27(22(16)28)11-13-31-21-8-6-7-12-30-21/h14-16,21H,6-13H2,1-5H3,(H2,25,26,32). The molecule has 0 aromatic heterocycles. The summed E-state index contributed by atoms with van der Waals surface area (Å²) in [4.78, 5) is 15.0. The molecule has 32 heavy (non-hydrogen) atoms. The van der Waals surface area contributed by atoms with Crippen molar-refractivity contribution in [1.29, 1.82) is 0 Å². The Balaban J connectivity index is 1.80. The van der Waals surface area contributed by atoms with Gasteiger partial charge in [0.1, 0.15) is 5.75 Å². The molecule has 8 heteroatoms. The molecule has 0 saturated carbocycles. The third-order valence-electron chi connectivity index (χ3n) is 5.72. The van der Waals surface area contributed by atoms with Gasteiger partial charge in [-0.15, -0.1) is 0 Å². The second kappa shape index (κ2) is 10.8. The fourth-order valence-corrected chi connectivity index (χ4v) is 4.47. The third kappa shape index (κ3) is 6.56. The summed E-state index contributed by atoms with van der Waals surface area (Å²) >= 11 is 5.48. The van der Waals surface area contributed by atoms with Gasteiger partial charge in [-0.2, -0.15) is 0 Å². The first kappa shape index (κ1) is 24.7. The summed E-state index contributed by atoms with van der Waals surface area (Å²) < 4.78 is 17.2. The van der Waals surface area contributed by atoms with Gasteiger partial charge in [-0.05, 0) is 76.7 Å². The Morgan fingerprint density at radius 1 is 1.28 bits per heavy atom. The van der Waals surface area contributed by atoms with E-state index in [2.05, 4.69) is 31.4 Å². The van der Waals surface area contributed by atoms with Crippen molar-refractivity contribution in [3.05, 3.63) is 17.7 Å². The van der Waals surface area contributed by atoms with Crippen LogP contribution >= 0.6 is 12.2 Å². The van der Waals surface area contributed by atoms with E-state index in [9.17, 15) is 4.79 Å². The zero-order valence-corrected chi connectivity index (χ0v) is 20.8. The molecule has 1 saturated heterocycles. The van der Waals surface area contributed by atoms with E-state index in [1.807, 2.05) is 24.0 Å². The van der Waals surface area contributed by atoms with Crippen LogP contribution in [-0.2, 0) is 20.7 Å². The van der Waals surface area contributed by atoms with Crippen molar-refractivity contribution < 1.29 is 19.0 Å². The maximum atomic E-state index is 13.2. The number of benzene rings is 1. The third-order valence-corrected chi connectivity index (χ3v) is 5.92. The lowest BCUT2D eigenvalue weighted by Crippen LogP contribution is -2.43. The molecule has 0 radical (unpaired) electrons. The number of anilines is 2. The lowest BCUT2D eigenvalue weighted by molar-refractivity contribution is -0.161. The van der Waals surface area contributed by atoms with Gasteiger partial charge in [0, 0.05) is 30.7 Å². The highest BCUT2D eigenvalue weighted by atomic mass is 32.1. The average molecular weight is 464 g/mol. The summed E-state index contributed by atoms with van der Waals surface area (Å²) in [6.45, 7) is 9.82. The van der Waals surface area contributed by atoms with Crippen molar-refractivity contribution in [2.24, 2.45) is 5.92 Å². The Kier molecular flexibility index (Phi) is 8.36. The van der Waals surface area contributed by atoms with Crippen molar-refractivity contribution in [2.45, 2.75) is 71.6 Å². The predicted octanol–water partition coefficient (Wildman–Crippen LogP) is 4.24. The summed E-state index contributed by atoms with van der Waals surface area (Å²) in [5.41, 5.74) is 2.62. The first-order valence-corrected chi connectivity index (χ1v) is 11.9. The number of nitrogens with one attached hydrogen (secondary N) is 2. The quantitative estimate of drug-likeness (QED) is 0.612. The Morgan fingerprint density at radius 3 is 2.72 bits per heavy atom. The number of hydrogen-bond acceptors (Lipinski definition) is 5. The molecule has 2 N–H and O–H groups in total. The maximum Gasteiger partial charge on any atom is 0.229 e. The second-order valence-electron chi connectivity index (χ2n) is 9.61. The van der Waals surface area contributed by atoms with Gasteiger partial charge < -0.3 is 29.7 Å². The van der Waals surface area contributed by atoms with Crippen LogP contribution in [0.3, 0.4) is 0 Å². The summed E-state index contributed by atoms with van der Waals surface area (Å²) in [5, 5.41) is 7.06. The molecule has 1 fully saturated rings. The molecule has 0 aliphatic carbocycles. The lowest BCUT2D eigenvalue weighted by Gasteiger charge is -2.28. The molecular formula is C24H37N3O4S. The zero-order valence-electron chi connectivity index (χ0n) is 20.0. The first-order chi connectivity index (χ1) is 15.2. The molecule has 0 spiro atoms. The maximum absolute atomic E-state index is 13.2. The molecule has 1 amide bonds. The van der Waals surface area contributed by atoms with Gasteiger partial charge in [-0.3, -0.25) is 4.79 Å². The van der Waals surface area contributed by atoms with E-state index in [0.29, 0.717) is 24.0 Å². The van der Waals surface area contributed by atoms with Crippen LogP contribution in [0.2, 0.25) is 0 Å². The molecule has 178 valence electrons. The minimum absolute atomic E-state index is 0.0561. The molecule has 0 bridgehead atoms. The van der Waals surface area contributed by atoms with Gasteiger partial charge in [0.05, 0.1) is 25.1 Å². The van der Waals surface area contributed by atoms with Crippen LogP contribution in [0.25, 0.3) is 0 Å². The lowest BCUT2D eigenvalue weighted by atomic mass is 10.0. The Morgan fingerprint density at radius 2 is 2.06 bits per heavy atom. The average Bonchev–Trinajstić information content (AvgIpc) is 2.84. The molecule has 3 rings (SSSR count). The normalized spacial score (nSPS) is 21.5. The highest BCUT2D eigenvalue weighted by molar-refractivity contribution is 7.80.